The highest BCUT2D eigenvalue weighted by molar-refractivity contribution is 5.80. The largest absolute Gasteiger partial charge is 0.399 e. The van der Waals surface area contributed by atoms with E-state index in [1.807, 2.05) is 18.2 Å². The predicted octanol–water partition coefficient (Wildman–Crippen LogP) is 3.53. The lowest BCUT2D eigenvalue weighted by Gasteiger charge is -2.28. The molecular weight excluding hydrogens is 236 g/mol. The lowest BCUT2D eigenvalue weighted by Crippen LogP contribution is -2.28. The molecule has 1 aliphatic rings. The van der Waals surface area contributed by atoms with E-state index in [-0.39, 0.29) is 0 Å². The summed E-state index contributed by atoms with van der Waals surface area (Å²) < 4.78 is 0. The number of H-pyrrole nitrogens is 1. The highest BCUT2D eigenvalue weighted by Gasteiger charge is 2.20. The third kappa shape index (κ3) is 2.67. The van der Waals surface area contributed by atoms with Crippen LogP contribution >= 0.6 is 0 Å². The Morgan fingerprint density at radius 1 is 1.32 bits per heavy atom. The Labute approximate surface area is 113 Å². The monoisotopic (exact) mass is 258 g/mol. The van der Waals surface area contributed by atoms with Crippen LogP contribution in [0.1, 0.15) is 39.0 Å². The fourth-order valence-corrected chi connectivity index (χ4v) is 3.06. The maximum atomic E-state index is 5.78. The van der Waals surface area contributed by atoms with E-state index in [2.05, 4.69) is 22.2 Å². The molecule has 4 heteroatoms. The van der Waals surface area contributed by atoms with Gasteiger partial charge in [-0.05, 0) is 43.9 Å². The van der Waals surface area contributed by atoms with E-state index in [0.717, 1.165) is 28.6 Å². The van der Waals surface area contributed by atoms with E-state index in [4.69, 9.17) is 5.73 Å². The molecule has 1 aliphatic carbocycles. The van der Waals surface area contributed by atoms with Gasteiger partial charge in [-0.15, -0.1) is 0 Å². The molecule has 4 nitrogen and oxygen atoms in total. The highest BCUT2D eigenvalue weighted by Crippen LogP contribution is 2.28. The number of aromatic nitrogens is 2. The first-order valence-electron chi connectivity index (χ1n) is 7.24. The molecule has 0 amide bonds. The lowest BCUT2D eigenvalue weighted by atomic mass is 9.85. The van der Waals surface area contributed by atoms with Crippen LogP contribution in [-0.4, -0.2) is 16.0 Å². The molecule has 1 unspecified atom stereocenters. The quantitative estimate of drug-likeness (QED) is 0.738. The number of nitrogens with two attached hydrogens (primary N) is 1. The van der Waals surface area contributed by atoms with E-state index in [0.29, 0.717) is 6.04 Å². The Hall–Kier alpha value is -1.71. The first-order valence-corrected chi connectivity index (χ1v) is 7.24. The third-order valence-corrected chi connectivity index (χ3v) is 4.23. The minimum absolute atomic E-state index is 0.471. The van der Waals surface area contributed by atoms with Gasteiger partial charge in [-0.25, -0.2) is 4.98 Å². The summed E-state index contributed by atoms with van der Waals surface area (Å²) in [5.74, 6) is 1.63. The molecule has 2 aromatic rings. The van der Waals surface area contributed by atoms with Crippen molar-refractivity contribution in [1.82, 2.24) is 9.97 Å². The summed E-state index contributed by atoms with van der Waals surface area (Å²) in [7, 11) is 0. The van der Waals surface area contributed by atoms with Gasteiger partial charge in [-0.3, -0.25) is 0 Å². The standard InChI is InChI=1S/C15H22N4/c1-10(11-5-3-2-4-6-11)17-15-18-13-8-7-12(16)9-14(13)19-15/h7-11H,2-6,16H2,1H3,(H2,17,18,19). The molecule has 1 aromatic carbocycles. The van der Waals surface area contributed by atoms with Crippen molar-refractivity contribution >= 4 is 22.7 Å². The molecule has 1 heterocycles. The van der Waals surface area contributed by atoms with Crippen molar-refractivity contribution < 1.29 is 0 Å². The van der Waals surface area contributed by atoms with Crippen LogP contribution in [0.2, 0.25) is 0 Å². The molecule has 1 saturated carbocycles. The van der Waals surface area contributed by atoms with Crippen LogP contribution in [0, 0.1) is 5.92 Å². The van der Waals surface area contributed by atoms with Crippen molar-refractivity contribution in [3.63, 3.8) is 0 Å². The molecule has 0 bridgehead atoms. The summed E-state index contributed by atoms with van der Waals surface area (Å²) in [5.41, 5.74) is 8.51. The number of anilines is 2. The van der Waals surface area contributed by atoms with E-state index >= 15 is 0 Å². The van der Waals surface area contributed by atoms with E-state index in [1.54, 1.807) is 0 Å². The van der Waals surface area contributed by atoms with Crippen LogP contribution < -0.4 is 11.1 Å². The van der Waals surface area contributed by atoms with Crippen LogP contribution in [0.4, 0.5) is 11.6 Å². The van der Waals surface area contributed by atoms with Crippen LogP contribution in [-0.2, 0) is 0 Å². The number of rotatable bonds is 3. The Balaban J connectivity index is 1.73. The number of benzene rings is 1. The van der Waals surface area contributed by atoms with Gasteiger partial charge in [-0.2, -0.15) is 0 Å². The summed E-state index contributed by atoms with van der Waals surface area (Å²) >= 11 is 0. The molecule has 0 spiro atoms. The van der Waals surface area contributed by atoms with Crippen molar-refractivity contribution in [2.45, 2.75) is 45.1 Å². The van der Waals surface area contributed by atoms with Crippen molar-refractivity contribution in [2.75, 3.05) is 11.1 Å². The molecular formula is C15H22N4. The van der Waals surface area contributed by atoms with Crippen LogP contribution in [0.25, 0.3) is 11.0 Å². The summed E-state index contributed by atoms with van der Waals surface area (Å²) in [6.07, 6.45) is 6.80. The van der Waals surface area contributed by atoms with Crippen molar-refractivity contribution in [3.8, 4) is 0 Å². The average molecular weight is 258 g/mol. The van der Waals surface area contributed by atoms with Gasteiger partial charge in [0.2, 0.25) is 5.95 Å². The second kappa shape index (κ2) is 5.11. The summed E-state index contributed by atoms with van der Waals surface area (Å²) in [6.45, 7) is 2.26. The normalized spacial score (nSPS) is 18.6. The number of fused-ring (bicyclic) bond motifs is 1. The number of nitrogen functional groups attached to an aromatic ring is 1. The number of aromatic amines is 1. The first-order chi connectivity index (χ1) is 9.22. The van der Waals surface area contributed by atoms with Gasteiger partial charge in [0, 0.05) is 11.7 Å². The molecule has 0 saturated heterocycles. The fraction of sp³-hybridized carbons (Fsp3) is 0.533. The number of nitrogens with zero attached hydrogens (tertiary/aromatic N) is 1. The number of nitrogens with one attached hydrogen (secondary N) is 2. The van der Waals surface area contributed by atoms with E-state index in [9.17, 15) is 0 Å². The smallest absolute Gasteiger partial charge is 0.201 e. The van der Waals surface area contributed by atoms with Gasteiger partial charge < -0.3 is 16.0 Å². The van der Waals surface area contributed by atoms with Crippen molar-refractivity contribution in [1.29, 1.82) is 0 Å². The predicted molar refractivity (Wildman–Crippen MR) is 80.2 cm³/mol. The molecule has 102 valence electrons. The molecule has 3 rings (SSSR count). The number of hydrogen-bond donors (Lipinski definition) is 3. The summed E-state index contributed by atoms with van der Waals surface area (Å²) in [6, 6.07) is 6.24. The molecule has 19 heavy (non-hydrogen) atoms. The molecule has 0 radical (unpaired) electrons. The maximum Gasteiger partial charge on any atom is 0.201 e. The summed E-state index contributed by atoms with van der Waals surface area (Å²) in [4.78, 5) is 7.87. The third-order valence-electron chi connectivity index (χ3n) is 4.23. The van der Waals surface area contributed by atoms with Gasteiger partial charge in [0.1, 0.15) is 0 Å². The van der Waals surface area contributed by atoms with Crippen LogP contribution in [0.5, 0.6) is 0 Å². The zero-order valence-corrected chi connectivity index (χ0v) is 11.4. The molecule has 1 fully saturated rings. The minimum Gasteiger partial charge on any atom is -0.399 e. The van der Waals surface area contributed by atoms with Gasteiger partial charge in [0.25, 0.3) is 0 Å². The minimum atomic E-state index is 0.471. The second-order valence-electron chi connectivity index (χ2n) is 5.69. The van der Waals surface area contributed by atoms with E-state index < -0.39 is 0 Å². The van der Waals surface area contributed by atoms with Gasteiger partial charge in [-0.1, -0.05) is 19.3 Å². The molecule has 1 atom stereocenters. The van der Waals surface area contributed by atoms with Crippen LogP contribution in [0.15, 0.2) is 18.2 Å². The van der Waals surface area contributed by atoms with Crippen molar-refractivity contribution in [3.05, 3.63) is 18.2 Å². The van der Waals surface area contributed by atoms with E-state index in [1.165, 1.54) is 32.1 Å². The molecule has 1 aromatic heterocycles. The summed E-state index contributed by atoms with van der Waals surface area (Å²) in [5, 5.41) is 3.51. The molecule has 4 N–H and O–H groups in total. The van der Waals surface area contributed by atoms with Crippen LogP contribution in [0.3, 0.4) is 0 Å². The fourth-order valence-electron chi connectivity index (χ4n) is 3.06. The Morgan fingerprint density at radius 2 is 2.11 bits per heavy atom. The maximum absolute atomic E-state index is 5.78. The van der Waals surface area contributed by atoms with Gasteiger partial charge >= 0.3 is 0 Å². The Morgan fingerprint density at radius 3 is 2.89 bits per heavy atom. The van der Waals surface area contributed by atoms with Gasteiger partial charge in [0.15, 0.2) is 0 Å². The van der Waals surface area contributed by atoms with Gasteiger partial charge in [0.05, 0.1) is 11.0 Å². The molecule has 0 aliphatic heterocycles. The SMILES string of the molecule is CC(Nc1nc2ccc(N)cc2[nH]1)C1CCCCC1. The highest BCUT2D eigenvalue weighted by atomic mass is 15.1. The zero-order valence-electron chi connectivity index (χ0n) is 11.4. The zero-order chi connectivity index (χ0) is 13.2. The lowest BCUT2D eigenvalue weighted by molar-refractivity contribution is 0.328. The first kappa shape index (κ1) is 12.3. The van der Waals surface area contributed by atoms with Crippen molar-refractivity contribution in [2.24, 2.45) is 5.92 Å². The average Bonchev–Trinajstić information content (AvgIpc) is 2.81. The Kier molecular flexibility index (Phi) is 3.32. The number of hydrogen-bond acceptors (Lipinski definition) is 3. The number of imidazole rings is 1. The second-order valence-corrected chi connectivity index (χ2v) is 5.69. The Bertz CT molecular complexity index is 554. The topological polar surface area (TPSA) is 66.7 Å².